The second kappa shape index (κ2) is 5.31. The molecule has 6 nitrogen and oxygen atoms in total. The molecule has 3 rings (SSSR count). The summed E-state index contributed by atoms with van der Waals surface area (Å²) in [5.74, 6) is 0.749. The molecule has 21 heavy (non-hydrogen) atoms. The highest BCUT2D eigenvalue weighted by atomic mass is 19.1. The van der Waals surface area contributed by atoms with Crippen molar-refractivity contribution in [3.05, 3.63) is 42.9 Å². The van der Waals surface area contributed by atoms with Crippen molar-refractivity contribution in [1.82, 2.24) is 9.55 Å². The van der Waals surface area contributed by atoms with Crippen molar-refractivity contribution in [2.45, 2.75) is 38.9 Å². The summed E-state index contributed by atoms with van der Waals surface area (Å²) in [6, 6.07) is 1.25. The summed E-state index contributed by atoms with van der Waals surface area (Å²) >= 11 is 0. The molecule has 0 unspecified atom stereocenters. The van der Waals surface area contributed by atoms with Gasteiger partial charge in [-0.2, -0.15) is 0 Å². The zero-order chi connectivity index (χ0) is 15.0. The smallest absolute Gasteiger partial charge is 0.337 e. The van der Waals surface area contributed by atoms with Gasteiger partial charge in [-0.25, -0.2) is 18.5 Å². The van der Waals surface area contributed by atoms with Crippen molar-refractivity contribution in [3.8, 4) is 0 Å². The molecule has 1 aliphatic rings. The van der Waals surface area contributed by atoms with Crippen molar-refractivity contribution < 1.29 is 8.81 Å². The first-order chi connectivity index (χ1) is 10.1. The van der Waals surface area contributed by atoms with Gasteiger partial charge >= 0.3 is 11.3 Å². The van der Waals surface area contributed by atoms with Crippen LogP contribution >= 0.6 is 0 Å². The number of nitrogens with zero attached hydrogens (tertiary/aromatic N) is 1. The Morgan fingerprint density at radius 2 is 2.10 bits per heavy atom. The highest BCUT2D eigenvalue weighted by Gasteiger charge is 2.21. The van der Waals surface area contributed by atoms with Gasteiger partial charge in [0.05, 0.1) is 0 Å². The maximum Gasteiger partial charge on any atom is 0.337 e. The number of hydrogen-bond acceptors (Lipinski definition) is 4. The average molecular weight is 294 g/mol. The maximum absolute atomic E-state index is 12.8. The number of aryl methyl sites for hydroxylation is 1. The number of hydrogen-bond donors (Lipinski definition) is 1. The Morgan fingerprint density at radius 3 is 2.76 bits per heavy atom. The van der Waals surface area contributed by atoms with Gasteiger partial charge in [0.2, 0.25) is 5.71 Å². The topological polar surface area (TPSA) is 85.1 Å². The molecule has 1 fully saturated rings. The minimum absolute atomic E-state index is 0.0858. The molecule has 0 atom stereocenters. The highest BCUT2D eigenvalue weighted by molar-refractivity contribution is 5.75. The van der Waals surface area contributed by atoms with Crippen molar-refractivity contribution in [1.29, 1.82) is 0 Å². The van der Waals surface area contributed by atoms with Crippen LogP contribution in [0.5, 0.6) is 0 Å². The zero-order valence-electron chi connectivity index (χ0n) is 11.4. The Hall–Kier alpha value is -2.18. The minimum Gasteiger partial charge on any atom is -0.405 e. The first-order valence-corrected chi connectivity index (χ1v) is 6.96. The van der Waals surface area contributed by atoms with Gasteiger partial charge in [0.15, 0.2) is 6.80 Å². The maximum atomic E-state index is 12.8. The highest BCUT2D eigenvalue weighted by Crippen LogP contribution is 2.34. The van der Waals surface area contributed by atoms with Crippen LogP contribution in [0.3, 0.4) is 0 Å². The summed E-state index contributed by atoms with van der Waals surface area (Å²) in [6.45, 7) is -1.22. The van der Waals surface area contributed by atoms with Crippen LogP contribution in [0.1, 0.15) is 31.2 Å². The first kappa shape index (κ1) is 13.8. The molecule has 0 bridgehead atoms. The third-order valence-corrected chi connectivity index (χ3v) is 3.84. The average Bonchev–Trinajstić information content (AvgIpc) is 3.22. The van der Waals surface area contributed by atoms with Crippen molar-refractivity contribution >= 4 is 11.1 Å². The van der Waals surface area contributed by atoms with E-state index >= 15 is 0 Å². The quantitative estimate of drug-likeness (QED) is 0.900. The van der Waals surface area contributed by atoms with Crippen LogP contribution in [0, 0.1) is 5.92 Å². The Kier molecular flexibility index (Phi) is 3.48. The Balaban J connectivity index is 2.10. The van der Waals surface area contributed by atoms with E-state index in [1.807, 2.05) is 0 Å². The second-order valence-corrected chi connectivity index (χ2v) is 5.41. The molecule has 0 aliphatic heterocycles. The minimum atomic E-state index is -1.22. The number of aromatic nitrogens is 2. The molecule has 2 aromatic rings. The molecule has 0 radical (unpaired) electrons. The molecule has 7 heteroatoms. The lowest BCUT2D eigenvalue weighted by molar-refractivity contribution is 0.358. The number of H-pyrrole nitrogens is 1. The molecule has 0 amide bonds. The summed E-state index contributed by atoms with van der Waals surface area (Å²) in [5, 5.41) is 0.0858. The van der Waals surface area contributed by atoms with E-state index in [0.717, 1.165) is 18.8 Å². The molecule has 2 aromatic heterocycles. The predicted octanol–water partition coefficient (Wildman–Crippen LogP) is 1.30. The third-order valence-electron chi connectivity index (χ3n) is 3.84. The van der Waals surface area contributed by atoms with E-state index in [9.17, 15) is 18.8 Å². The van der Waals surface area contributed by atoms with Gasteiger partial charge in [-0.15, -0.1) is 0 Å². The molecule has 1 aliphatic carbocycles. The van der Waals surface area contributed by atoms with Gasteiger partial charge in [0.1, 0.15) is 5.39 Å². The summed E-state index contributed by atoms with van der Waals surface area (Å²) < 4.78 is 18.1. The summed E-state index contributed by atoms with van der Waals surface area (Å²) in [4.78, 5) is 37.5. The zero-order valence-corrected chi connectivity index (χ0v) is 11.4. The number of fused-ring (bicyclic) bond motifs is 1. The van der Waals surface area contributed by atoms with Crippen LogP contribution in [-0.2, 0) is 13.2 Å². The van der Waals surface area contributed by atoms with Gasteiger partial charge < -0.3 is 4.42 Å². The van der Waals surface area contributed by atoms with E-state index < -0.39 is 23.7 Å². The van der Waals surface area contributed by atoms with Crippen molar-refractivity contribution in [3.63, 3.8) is 0 Å². The van der Waals surface area contributed by atoms with E-state index in [-0.39, 0.29) is 11.1 Å². The fourth-order valence-electron chi connectivity index (χ4n) is 2.55. The Bertz CT molecular complexity index is 845. The number of halogens is 1. The van der Waals surface area contributed by atoms with Crippen molar-refractivity contribution in [2.75, 3.05) is 0 Å². The molecule has 0 aromatic carbocycles. The van der Waals surface area contributed by atoms with E-state index in [0.29, 0.717) is 16.6 Å². The van der Waals surface area contributed by atoms with Crippen LogP contribution in [0.2, 0.25) is 0 Å². The number of rotatable bonds is 5. The van der Waals surface area contributed by atoms with Crippen LogP contribution < -0.4 is 16.9 Å². The predicted molar refractivity (Wildman–Crippen MR) is 74.1 cm³/mol. The second-order valence-electron chi connectivity index (χ2n) is 5.41. The fourth-order valence-corrected chi connectivity index (χ4v) is 2.55. The Morgan fingerprint density at radius 1 is 1.33 bits per heavy atom. The van der Waals surface area contributed by atoms with Gasteiger partial charge in [0, 0.05) is 6.07 Å². The SMILES string of the molecule is O=c1cc(CCCC2CC2)c2c(=O)n(CF)c(=O)[nH]c2o1. The molecular weight excluding hydrogens is 279 g/mol. The number of nitrogens with one attached hydrogen (secondary N) is 1. The third kappa shape index (κ3) is 2.68. The monoisotopic (exact) mass is 294 g/mol. The summed E-state index contributed by atoms with van der Waals surface area (Å²) in [7, 11) is 0. The van der Waals surface area contributed by atoms with E-state index in [1.165, 1.54) is 18.9 Å². The van der Waals surface area contributed by atoms with Crippen molar-refractivity contribution in [2.24, 2.45) is 5.92 Å². The molecule has 1 saturated carbocycles. The lowest BCUT2D eigenvalue weighted by Gasteiger charge is -2.06. The van der Waals surface area contributed by atoms with Gasteiger partial charge in [0.25, 0.3) is 5.56 Å². The van der Waals surface area contributed by atoms with E-state index in [1.54, 1.807) is 0 Å². The Labute approximate surface area is 118 Å². The van der Waals surface area contributed by atoms with Gasteiger partial charge in [-0.05, 0) is 24.3 Å². The van der Waals surface area contributed by atoms with Gasteiger partial charge in [-0.3, -0.25) is 9.78 Å². The number of aromatic amines is 1. The lowest BCUT2D eigenvalue weighted by Crippen LogP contribution is -2.35. The standard InChI is InChI=1S/C14H15FN2O4/c15-7-17-13(19)11-9(3-1-2-8-4-5-8)6-10(18)21-12(11)16-14(17)20/h6,8H,1-5,7H2,(H,16,20). The molecular formula is C14H15FN2O4. The lowest BCUT2D eigenvalue weighted by atomic mass is 10.1. The normalized spacial score (nSPS) is 14.7. The van der Waals surface area contributed by atoms with Gasteiger partial charge in [-0.1, -0.05) is 19.3 Å². The summed E-state index contributed by atoms with van der Waals surface area (Å²) in [6.07, 6.45) is 4.89. The molecule has 112 valence electrons. The first-order valence-electron chi connectivity index (χ1n) is 6.96. The number of alkyl halides is 1. The summed E-state index contributed by atoms with van der Waals surface area (Å²) in [5.41, 5.74) is -1.99. The van der Waals surface area contributed by atoms with Crippen LogP contribution in [0.25, 0.3) is 11.1 Å². The van der Waals surface area contributed by atoms with Crippen LogP contribution in [-0.4, -0.2) is 9.55 Å². The molecule has 1 N–H and O–H groups in total. The van der Waals surface area contributed by atoms with Crippen LogP contribution in [0.4, 0.5) is 4.39 Å². The largest absolute Gasteiger partial charge is 0.405 e. The fraction of sp³-hybridized carbons (Fsp3) is 0.500. The van der Waals surface area contributed by atoms with E-state index in [2.05, 4.69) is 4.98 Å². The molecule has 2 heterocycles. The van der Waals surface area contributed by atoms with Crippen LogP contribution in [0.15, 0.2) is 24.9 Å². The molecule has 0 saturated heterocycles. The molecule has 0 spiro atoms. The van der Waals surface area contributed by atoms with E-state index in [4.69, 9.17) is 4.42 Å².